The van der Waals surface area contributed by atoms with Gasteiger partial charge in [-0.25, -0.2) is 15.0 Å². The second kappa shape index (κ2) is 8.21. The Bertz CT molecular complexity index is 1000. The molecule has 28 heavy (non-hydrogen) atoms. The highest BCUT2D eigenvalue weighted by atomic mass is 16.5. The van der Waals surface area contributed by atoms with Gasteiger partial charge in [0.05, 0.1) is 13.3 Å². The number of nitrogens with one attached hydrogen (secondary N) is 2. The van der Waals surface area contributed by atoms with Gasteiger partial charge in [0.1, 0.15) is 5.75 Å². The predicted octanol–water partition coefficient (Wildman–Crippen LogP) is 2.81. The summed E-state index contributed by atoms with van der Waals surface area (Å²) >= 11 is 0. The molecule has 3 rings (SSSR count). The van der Waals surface area contributed by atoms with E-state index in [2.05, 4.69) is 20.7 Å². The zero-order valence-corrected chi connectivity index (χ0v) is 15.6. The molecule has 9 nitrogen and oxygen atoms in total. The van der Waals surface area contributed by atoms with Crippen molar-refractivity contribution in [1.29, 1.82) is 0 Å². The SMILES string of the molecule is COc1ccc(C)c(Nc2ncc(-c3ccnc(N(NC=O)C(C)=O)c3)o2)c1. The molecule has 0 unspecified atom stereocenters. The molecule has 0 aliphatic rings. The van der Waals surface area contributed by atoms with Crippen molar-refractivity contribution in [3.8, 4) is 17.1 Å². The number of hydrogen-bond acceptors (Lipinski definition) is 7. The van der Waals surface area contributed by atoms with E-state index in [1.165, 1.54) is 13.1 Å². The summed E-state index contributed by atoms with van der Waals surface area (Å²) in [6, 6.07) is 9.27. The Morgan fingerprint density at radius 2 is 2.07 bits per heavy atom. The molecule has 9 heteroatoms. The van der Waals surface area contributed by atoms with Gasteiger partial charge in [0, 0.05) is 30.4 Å². The van der Waals surface area contributed by atoms with Crippen LogP contribution in [0, 0.1) is 6.92 Å². The van der Waals surface area contributed by atoms with Crippen LogP contribution in [-0.4, -0.2) is 29.4 Å². The number of pyridine rings is 1. The van der Waals surface area contributed by atoms with Crippen LogP contribution in [0.4, 0.5) is 17.5 Å². The van der Waals surface area contributed by atoms with E-state index in [9.17, 15) is 9.59 Å². The molecule has 0 saturated carbocycles. The molecule has 0 bridgehead atoms. The van der Waals surface area contributed by atoms with Crippen molar-refractivity contribution in [2.45, 2.75) is 13.8 Å². The number of aromatic nitrogens is 2. The van der Waals surface area contributed by atoms with Gasteiger partial charge in [-0.3, -0.25) is 15.0 Å². The van der Waals surface area contributed by atoms with Gasteiger partial charge >= 0.3 is 0 Å². The van der Waals surface area contributed by atoms with Crippen LogP contribution in [0.2, 0.25) is 0 Å². The van der Waals surface area contributed by atoms with Gasteiger partial charge < -0.3 is 14.5 Å². The second-order valence-electron chi connectivity index (χ2n) is 5.84. The summed E-state index contributed by atoms with van der Waals surface area (Å²) in [4.78, 5) is 30.7. The third kappa shape index (κ3) is 4.09. The number of hydrazine groups is 1. The number of nitrogens with zero attached hydrogens (tertiary/aromatic N) is 3. The summed E-state index contributed by atoms with van der Waals surface area (Å²) < 4.78 is 11.0. The molecule has 1 aromatic carbocycles. The lowest BCUT2D eigenvalue weighted by atomic mass is 10.2. The lowest BCUT2D eigenvalue weighted by molar-refractivity contribution is -0.119. The van der Waals surface area contributed by atoms with E-state index < -0.39 is 0 Å². The van der Waals surface area contributed by atoms with Gasteiger partial charge in [-0.2, -0.15) is 0 Å². The smallest absolute Gasteiger partial charge is 0.299 e. The molecule has 0 fully saturated rings. The van der Waals surface area contributed by atoms with Crippen LogP contribution in [0.15, 0.2) is 47.1 Å². The number of carbonyl (C=O) groups excluding carboxylic acids is 2. The minimum atomic E-state index is -0.384. The number of amides is 2. The van der Waals surface area contributed by atoms with Gasteiger partial charge in [-0.05, 0) is 30.7 Å². The van der Waals surface area contributed by atoms with Gasteiger partial charge in [0.15, 0.2) is 11.6 Å². The summed E-state index contributed by atoms with van der Waals surface area (Å²) in [5.41, 5.74) is 4.76. The molecule has 0 spiro atoms. The molecule has 2 amide bonds. The number of ether oxygens (including phenoxy) is 1. The largest absolute Gasteiger partial charge is 0.497 e. The van der Waals surface area contributed by atoms with Crippen molar-refractivity contribution in [1.82, 2.24) is 15.4 Å². The Labute approximate surface area is 161 Å². The molecule has 2 aromatic heterocycles. The van der Waals surface area contributed by atoms with Crippen LogP contribution in [0.5, 0.6) is 5.75 Å². The minimum absolute atomic E-state index is 0.256. The van der Waals surface area contributed by atoms with E-state index in [1.807, 2.05) is 25.1 Å². The number of rotatable bonds is 7. The molecule has 2 heterocycles. The van der Waals surface area contributed by atoms with Crippen LogP contribution >= 0.6 is 0 Å². The Kier molecular flexibility index (Phi) is 5.54. The van der Waals surface area contributed by atoms with Crippen molar-refractivity contribution in [2.24, 2.45) is 0 Å². The van der Waals surface area contributed by atoms with Crippen LogP contribution in [0.1, 0.15) is 12.5 Å². The lowest BCUT2D eigenvalue weighted by Crippen LogP contribution is -2.41. The summed E-state index contributed by atoms with van der Waals surface area (Å²) in [7, 11) is 1.60. The first kappa shape index (κ1) is 18.9. The van der Waals surface area contributed by atoms with Crippen LogP contribution in [-0.2, 0) is 9.59 Å². The van der Waals surface area contributed by atoms with Crippen molar-refractivity contribution in [3.63, 3.8) is 0 Å². The maximum atomic E-state index is 11.7. The highest BCUT2D eigenvalue weighted by molar-refractivity contribution is 5.91. The molecular weight excluding hydrogens is 362 g/mol. The maximum absolute atomic E-state index is 11.7. The third-order valence-electron chi connectivity index (χ3n) is 3.95. The lowest BCUT2D eigenvalue weighted by Gasteiger charge is -2.17. The normalized spacial score (nSPS) is 10.2. The maximum Gasteiger partial charge on any atom is 0.299 e. The van der Waals surface area contributed by atoms with E-state index in [4.69, 9.17) is 9.15 Å². The Morgan fingerprint density at radius 1 is 1.25 bits per heavy atom. The standard InChI is InChI=1S/C19H19N5O4/c1-12-4-5-15(27-3)9-16(12)23-19-21-10-17(28-19)14-6-7-20-18(8-14)24(13(2)26)22-11-25/h4-11H,1-3H3,(H,21,23)(H,22,25). The van der Waals surface area contributed by atoms with E-state index in [1.54, 1.807) is 25.4 Å². The first-order valence-electron chi connectivity index (χ1n) is 8.36. The van der Waals surface area contributed by atoms with Crippen molar-refractivity contribution in [2.75, 3.05) is 17.4 Å². The first-order chi connectivity index (χ1) is 13.5. The number of aryl methyl sites for hydroxylation is 1. The molecule has 0 atom stereocenters. The fourth-order valence-electron chi connectivity index (χ4n) is 2.51. The number of methoxy groups -OCH3 is 1. The van der Waals surface area contributed by atoms with Gasteiger partial charge in [-0.1, -0.05) is 6.07 Å². The van der Waals surface area contributed by atoms with Gasteiger partial charge in [0.25, 0.3) is 6.01 Å². The van der Waals surface area contributed by atoms with E-state index in [0.29, 0.717) is 29.5 Å². The van der Waals surface area contributed by atoms with Gasteiger partial charge in [-0.15, -0.1) is 0 Å². The summed E-state index contributed by atoms with van der Waals surface area (Å²) in [5.74, 6) is 1.06. The quantitative estimate of drug-likeness (QED) is 0.478. The van der Waals surface area contributed by atoms with Crippen molar-refractivity contribution in [3.05, 3.63) is 48.3 Å². The number of benzene rings is 1. The van der Waals surface area contributed by atoms with E-state index >= 15 is 0 Å². The number of hydrogen-bond donors (Lipinski definition) is 2. The van der Waals surface area contributed by atoms with Crippen LogP contribution in [0.3, 0.4) is 0 Å². The monoisotopic (exact) mass is 381 g/mol. The second-order valence-corrected chi connectivity index (χ2v) is 5.84. The molecular formula is C19H19N5O4. The summed E-state index contributed by atoms with van der Waals surface area (Å²) in [6.07, 6.45) is 3.47. The van der Waals surface area contributed by atoms with Crippen molar-refractivity contribution < 1.29 is 18.7 Å². The van der Waals surface area contributed by atoms with Gasteiger partial charge in [0.2, 0.25) is 12.3 Å². The fourth-order valence-corrected chi connectivity index (χ4v) is 2.51. The molecule has 3 aromatic rings. The number of oxazole rings is 1. The Hall–Kier alpha value is -3.88. The minimum Gasteiger partial charge on any atom is -0.497 e. The number of carbonyl (C=O) groups is 2. The number of anilines is 3. The molecule has 0 aliphatic heterocycles. The Balaban J connectivity index is 1.85. The van der Waals surface area contributed by atoms with E-state index in [-0.39, 0.29) is 11.7 Å². The average Bonchev–Trinajstić information content (AvgIpc) is 3.16. The topological polar surface area (TPSA) is 110 Å². The molecule has 144 valence electrons. The summed E-state index contributed by atoms with van der Waals surface area (Å²) in [6.45, 7) is 3.27. The molecule has 2 N–H and O–H groups in total. The predicted molar refractivity (Wildman–Crippen MR) is 103 cm³/mol. The highest BCUT2D eigenvalue weighted by Gasteiger charge is 2.15. The van der Waals surface area contributed by atoms with Crippen LogP contribution in [0.25, 0.3) is 11.3 Å². The molecule has 0 radical (unpaired) electrons. The first-order valence-corrected chi connectivity index (χ1v) is 8.36. The molecule has 0 aliphatic carbocycles. The zero-order chi connectivity index (χ0) is 20.1. The highest BCUT2D eigenvalue weighted by Crippen LogP contribution is 2.29. The van der Waals surface area contributed by atoms with Crippen molar-refractivity contribution >= 4 is 29.8 Å². The fraction of sp³-hybridized carbons (Fsp3) is 0.158. The Morgan fingerprint density at radius 3 is 2.79 bits per heavy atom. The average molecular weight is 381 g/mol. The third-order valence-corrected chi connectivity index (χ3v) is 3.95. The zero-order valence-electron chi connectivity index (χ0n) is 15.6. The summed E-state index contributed by atoms with van der Waals surface area (Å²) in [5, 5.41) is 4.15. The molecule has 0 saturated heterocycles. The van der Waals surface area contributed by atoms with Crippen LogP contribution < -0.4 is 20.5 Å². The van der Waals surface area contributed by atoms with E-state index in [0.717, 1.165) is 16.3 Å².